The molecular weight excluding hydrogens is 1330 g/mol. The van der Waals surface area contributed by atoms with Gasteiger partial charge < -0.3 is 4.57 Å². The van der Waals surface area contributed by atoms with Crippen LogP contribution in [0.25, 0.3) is 171 Å². The zero-order valence-electron chi connectivity index (χ0n) is 58.6. The van der Waals surface area contributed by atoms with E-state index in [1.807, 2.05) is 13.8 Å². The topological polar surface area (TPSA) is 4.93 Å². The number of hydrogen-bond acceptors (Lipinski definition) is 0. The Morgan fingerprint density at radius 3 is 1.03 bits per heavy atom. The Morgan fingerprint density at radius 1 is 0.210 bits per heavy atom. The number of fused-ring (bicyclic) bond motifs is 10. The normalized spacial score (nSPS) is 11.3. The Bertz CT molecular complexity index is 6330. The fourth-order valence-corrected chi connectivity index (χ4v) is 16.3. The molecule has 0 saturated heterocycles. The molecule has 2 heteroatoms. The van der Waals surface area contributed by atoms with Crippen LogP contribution in [0, 0.1) is 0 Å². The molecule has 0 radical (unpaired) electrons. The summed E-state index contributed by atoms with van der Waals surface area (Å²) in [5.74, 6) is 0. The third kappa shape index (κ3) is 12.5. The van der Waals surface area contributed by atoms with Gasteiger partial charge in [-0.25, -0.2) is 0 Å². The van der Waals surface area contributed by atoms with Crippen molar-refractivity contribution in [2.45, 2.75) is 20.3 Å². The van der Waals surface area contributed by atoms with Crippen molar-refractivity contribution in [3.8, 4) is 106 Å². The molecule has 1 nitrogen and oxygen atoms in total. The Labute approximate surface area is 623 Å². The molecule has 0 fully saturated rings. The van der Waals surface area contributed by atoms with Gasteiger partial charge in [0.1, 0.15) is 0 Å². The number of para-hydroxylation sites is 1. The number of halogens is 1. The van der Waals surface area contributed by atoms with E-state index in [-0.39, 0.29) is 0 Å². The highest BCUT2D eigenvalue weighted by Crippen LogP contribution is 2.49. The van der Waals surface area contributed by atoms with Crippen molar-refractivity contribution in [1.29, 1.82) is 0 Å². The van der Waals surface area contributed by atoms with Crippen molar-refractivity contribution in [2.75, 3.05) is 0 Å². The SMILES string of the molecule is Brc1ccc(-c2c3ccccc3c(-c3ccccc3)c3cc(-c4ccccc4)ccc23)cc1.CC.c1ccc(-c2ccc3c(-c4ccc(-n5c6ccccc6c6c(-c7ccccc7)cccc65)cc4)c4ccccc4c(-c4ccccc4)c3c2)cc1.c1ccc(-c2cccc3c2-c2ccccc2C3)cc1. The van der Waals surface area contributed by atoms with Crippen LogP contribution in [0.3, 0.4) is 0 Å². The van der Waals surface area contributed by atoms with Crippen LogP contribution in [0.15, 0.2) is 405 Å². The van der Waals surface area contributed by atoms with Gasteiger partial charge in [-0.1, -0.05) is 382 Å². The number of aromatic nitrogens is 1. The minimum Gasteiger partial charge on any atom is -0.309 e. The molecule has 0 spiro atoms. The lowest BCUT2D eigenvalue weighted by Crippen LogP contribution is -1.95. The molecule has 0 saturated carbocycles. The number of benzene rings is 18. The van der Waals surface area contributed by atoms with E-state index in [4.69, 9.17) is 0 Å². The monoisotopic (exact) mass is 1400 g/mol. The van der Waals surface area contributed by atoms with Gasteiger partial charge in [0.25, 0.3) is 0 Å². The van der Waals surface area contributed by atoms with E-state index in [2.05, 4.69) is 421 Å². The zero-order valence-corrected chi connectivity index (χ0v) is 60.2. The van der Waals surface area contributed by atoms with Crippen molar-refractivity contribution >= 4 is 80.8 Å². The summed E-state index contributed by atoms with van der Waals surface area (Å²) in [6, 6.07) is 145. The lowest BCUT2D eigenvalue weighted by atomic mass is 9.85. The van der Waals surface area contributed by atoms with Crippen LogP contribution in [0.1, 0.15) is 25.0 Å². The van der Waals surface area contributed by atoms with Crippen LogP contribution in [0.2, 0.25) is 0 Å². The second kappa shape index (κ2) is 29.3. The van der Waals surface area contributed by atoms with Crippen LogP contribution in [-0.2, 0) is 6.42 Å². The first kappa shape index (κ1) is 65.6. The smallest absolute Gasteiger partial charge is 0.0547 e. The fourth-order valence-electron chi connectivity index (χ4n) is 16.0. The van der Waals surface area contributed by atoms with Crippen LogP contribution < -0.4 is 0 Å². The van der Waals surface area contributed by atoms with Crippen LogP contribution in [-0.4, -0.2) is 4.57 Å². The number of hydrogen-bond donors (Lipinski definition) is 0. The first-order valence-corrected chi connectivity index (χ1v) is 37.2. The zero-order chi connectivity index (χ0) is 70.6. The van der Waals surface area contributed by atoms with Gasteiger partial charge in [-0.3, -0.25) is 0 Å². The van der Waals surface area contributed by atoms with Gasteiger partial charge >= 0.3 is 0 Å². The predicted molar refractivity (Wildman–Crippen MR) is 454 cm³/mol. The summed E-state index contributed by atoms with van der Waals surface area (Å²) < 4.78 is 3.51. The Morgan fingerprint density at radius 2 is 0.533 bits per heavy atom. The van der Waals surface area contributed by atoms with E-state index in [9.17, 15) is 0 Å². The number of nitrogens with zero attached hydrogens (tertiary/aromatic N) is 1. The molecule has 18 aromatic carbocycles. The molecule has 0 atom stereocenters. The molecule has 1 aromatic heterocycles. The summed E-state index contributed by atoms with van der Waals surface area (Å²) in [6.45, 7) is 4.00. The summed E-state index contributed by atoms with van der Waals surface area (Å²) >= 11 is 3.60. The van der Waals surface area contributed by atoms with E-state index < -0.39 is 0 Å². The lowest BCUT2D eigenvalue weighted by Gasteiger charge is -2.19. The van der Waals surface area contributed by atoms with Gasteiger partial charge in [0.05, 0.1) is 11.0 Å². The summed E-state index contributed by atoms with van der Waals surface area (Å²) in [5, 5.41) is 12.7. The third-order valence-corrected chi connectivity index (χ3v) is 21.1. The molecule has 0 N–H and O–H groups in total. The largest absolute Gasteiger partial charge is 0.309 e. The maximum absolute atomic E-state index is 3.60. The maximum Gasteiger partial charge on any atom is 0.0547 e. The van der Waals surface area contributed by atoms with Crippen LogP contribution in [0.4, 0.5) is 0 Å². The lowest BCUT2D eigenvalue weighted by molar-refractivity contribution is 1.18. The molecule has 0 aliphatic heterocycles. The van der Waals surface area contributed by atoms with E-state index in [1.54, 1.807) is 0 Å². The first-order chi connectivity index (χ1) is 52.1. The first-order valence-electron chi connectivity index (χ1n) is 36.4. The van der Waals surface area contributed by atoms with Crippen molar-refractivity contribution < 1.29 is 0 Å². The molecule has 1 aliphatic carbocycles. The van der Waals surface area contributed by atoms with Gasteiger partial charge in [0, 0.05) is 20.9 Å². The highest BCUT2D eigenvalue weighted by Gasteiger charge is 2.24. The molecule has 1 heterocycles. The Hall–Kier alpha value is -12.7. The summed E-state index contributed by atoms with van der Waals surface area (Å²) in [6.07, 6.45) is 1.06. The summed E-state index contributed by atoms with van der Waals surface area (Å²) in [4.78, 5) is 0. The molecule has 20 rings (SSSR count). The molecule has 105 heavy (non-hydrogen) atoms. The summed E-state index contributed by atoms with van der Waals surface area (Å²) in [5.41, 5.74) is 29.3. The highest BCUT2D eigenvalue weighted by atomic mass is 79.9. The van der Waals surface area contributed by atoms with E-state index in [0.29, 0.717) is 0 Å². The predicted octanol–water partition coefficient (Wildman–Crippen LogP) is 29.5. The van der Waals surface area contributed by atoms with Gasteiger partial charge in [0.2, 0.25) is 0 Å². The maximum atomic E-state index is 3.60. The van der Waals surface area contributed by atoms with E-state index in [0.717, 1.165) is 16.6 Å². The highest BCUT2D eigenvalue weighted by molar-refractivity contribution is 9.10. The van der Waals surface area contributed by atoms with Gasteiger partial charge in [-0.15, -0.1) is 0 Å². The molecule has 0 unspecified atom stereocenters. The van der Waals surface area contributed by atoms with Crippen molar-refractivity contribution in [3.05, 3.63) is 416 Å². The average molecular weight is 1410 g/mol. The molecule has 0 bridgehead atoms. The fraction of sp³-hybridized carbons (Fsp3) is 0.0291. The molecular formula is C103H74BrN. The standard InChI is InChI=1S/C50H33N.C32H21Br.C19H14.C2H6/c1-4-15-34(16-5-1)38-29-32-43-45(33-38)49(36-19-8-3-9-20-36)42-22-11-10-21-41(42)48(43)37-27-30-39(31-28-37)51-46-25-13-12-23-44(46)50-40(24-14-26-47(50)51)35-17-6-2-7-18-35;33-26-18-15-24(16-19-26)31-27-13-7-8-14-28(27)32(23-11-5-2-6-12-23)30-21-25(17-20-29(30)31)22-9-3-1-4-10-22;1-2-7-14(8-3-1)17-12-6-10-16-13-15-9-4-5-11-18(15)19(16)17;1-2/h1-33H;1-21H;1-12H,13H2;1-2H3. The molecule has 19 aromatic rings. The summed E-state index contributed by atoms with van der Waals surface area (Å²) in [7, 11) is 0. The minimum absolute atomic E-state index is 1.06. The van der Waals surface area contributed by atoms with Gasteiger partial charge in [-0.05, 0) is 209 Å². The van der Waals surface area contributed by atoms with Gasteiger partial charge in [-0.2, -0.15) is 0 Å². The molecule has 498 valence electrons. The van der Waals surface area contributed by atoms with Crippen LogP contribution >= 0.6 is 15.9 Å². The van der Waals surface area contributed by atoms with Crippen molar-refractivity contribution in [3.63, 3.8) is 0 Å². The van der Waals surface area contributed by atoms with Crippen LogP contribution in [0.5, 0.6) is 0 Å². The van der Waals surface area contributed by atoms with E-state index >= 15 is 0 Å². The Kier molecular flexibility index (Phi) is 18.3. The molecule has 1 aliphatic rings. The minimum atomic E-state index is 1.06. The quantitative estimate of drug-likeness (QED) is 0.127. The third-order valence-electron chi connectivity index (χ3n) is 20.6. The van der Waals surface area contributed by atoms with E-state index in [1.165, 1.54) is 176 Å². The Balaban J connectivity index is 0.000000128. The number of rotatable bonds is 9. The average Bonchev–Trinajstić information content (AvgIpc) is 1.74. The van der Waals surface area contributed by atoms with Crippen molar-refractivity contribution in [1.82, 2.24) is 4.57 Å². The van der Waals surface area contributed by atoms with Gasteiger partial charge in [0.15, 0.2) is 0 Å². The molecule has 0 amide bonds. The van der Waals surface area contributed by atoms with Crippen molar-refractivity contribution in [2.24, 2.45) is 0 Å². The second-order valence-corrected chi connectivity index (χ2v) is 27.5. The second-order valence-electron chi connectivity index (χ2n) is 26.6.